The van der Waals surface area contributed by atoms with Crippen LogP contribution in [0.3, 0.4) is 0 Å². The average molecular weight is 263 g/mol. The van der Waals surface area contributed by atoms with Gasteiger partial charge < -0.3 is 10.2 Å². The molecular weight excluding hydrogens is 242 g/mol. The molecule has 19 heavy (non-hydrogen) atoms. The first-order valence-electron chi connectivity index (χ1n) is 6.55. The molecule has 0 saturated heterocycles. The molecule has 0 aliphatic heterocycles. The number of hydrogen-bond donors (Lipinski definition) is 1. The fourth-order valence-corrected chi connectivity index (χ4v) is 1.62. The van der Waals surface area contributed by atoms with Crippen molar-refractivity contribution in [1.29, 1.82) is 0 Å². The summed E-state index contributed by atoms with van der Waals surface area (Å²) in [6.07, 6.45) is 3.59. The lowest BCUT2D eigenvalue weighted by atomic mass is 10.3. The van der Waals surface area contributed by atoms with Crippen LogP contribution in [0, 0.1) is 0 Å². The smallest absolute Gasteiger partial charge is 0.239 e. The summed E-state index contributed by atoms with van der Waals surface area (Å²) in [5.74, 6) is -0.224. The van der Waals surface area contributed by atoms with Crippen molar-refractivity contribution in [2.45, 2.75) is 33.2 Å². The molecule has 0 radical (unpaired) electrons. The summed E-state index contributed by atoms with van der Waals surface area (Å²) < 4.78 is 0. The van der Waals surface area contributed by atoms with E-state index in [0.29, 0.717) is 13.1 Å². The number of aromatic nitrogens is 1. The maximum absolute atomic E-state index is 11.8. The quantitative estimate of drug-likeness (QED) is 0.807. The van der Waals surface area contributed by atoms with Gasteiger partial charge in [0.05, 0.1) is 18.8 Å². The maximum Gasteiger partial charge on any atom is 0.239 e. The number of unbranched alkanes of at least 4 members (excludes halogenated alkanes) is 1. The van der Waals surface area contributed by atoms with Crippen LogP contribution in [-0.4, -0.2) is 34.8 Å². The summed E-state index contributed by atoms with van der Waals surface area (Å²) in [5, 5.41) is 2.77. The normalized spacial score (nSPS) is 10.0. The van der Waals surface area contributed by atoms with Gasteiger partial charge in [0.2, 0.25) is 11.8 Å². The minimum absolute atomic E-state index is 0.0681. The maximum atomic E-state index is 11.8. The molecule has 1 N–H and O–H groups in total. The van der Waals surface area contributed by atoms with E-state index in [-0.39, 0.29) is 18.4 Å². The largest absolute Gasteiger partial charge is 0.349 e. The number of nitrogens with one attached hydrogen (secondary N) is 1. The highest BCUT2D eigenvalue weighted by Gasteiger charge is 2.12. The van der Waals surface area contributed by atoms with Crippen LogP contribution in [-0.2, 0) is 16.1 Å². The molecule has 0 aliphatic carbocycles. The Morgan fingerprint density at radius 2 is 2.16 bits per heavy atom. The van der Waals surface area contributed by atoms with Crippen LogP contribution in [0.1, 0.15) is 32.4 Å². The summed E-state index contributed by atoms with van der Waals surface area (Å²) in [6.45, 7) is 4.67. The number of pyridine rings is 1. The molecule has 0 spiro atoms. The van der Waals surface area contributed by atoms with Crippen molar-refractivity contribution in [3.63, 3.8) is 0 Å². The van der Waals surface area contributed by atoms with E-state index in [1.54, 1.807) is 11.1 Å². The van der Waals surface area contributed by atoms with Crippen LogP contribution < -0.4 is 5.32 Å². The third kappa shape index (κ3) is 5.99. The van der Waals surface area contributed by atoms with Gasteiger partial charge in [-0.25, -0.2) is 0 Å². The van der Waals surface area contributed by atoms with Crippen LogP contribution in [0.5, 0.6) is 0 Å². The molecule has 5 heteroatoms. The number of amides is 2. The van der Waals surface area contributed by atoms with Crippen LogP contribution in [0.4, 0.5) is 0 Å². The summed E-state index contributed by atoms with van der Waals surface area (Å²) in [4.78, 5) is 28.8. The van der Waals surface area contributed by atoms with Crippen molar-refractivity contribution in [3.05, 3.63) is 30.1 Å². The lowest BCUT2D eigenvalue weighted by Crippen LogP contribution is -2.40. The predicted molar refractivity (Wildman–Crippen MR) is 73.2 cm³/mol. The molecule has 1 rings (SSSR count). The van der Waals surface area contributed by atoms with E-state index in [0.717, 1.165) is 18.5 Å². The molecule has 104 valence electrons. The van der Waals surface area contributed by atoms with E-state index < -0.39 is 0 Å². The Kier molecular flexibility index (Phi) is 6.57. The molecule has 2 amide bonds. The third-order valence-electron chi connectivity index (χ3n) is 2.75. The fraction of sp³-hybridized carbons (Fsp3) is 0.500. The molecule has 0 aromatic carbocycles. The van der Waals surface area contributed by atoms with E-state index in [4.69, 9.17) is 0 Å². The zero-order chi connectivity index (χ0) is 14.1. The fourth-order valence-electron chi connectivity index (χ4n) is 1.62. The van der Waals surface area contributed by atoms with Crippen molar-refractivity contribution >= 4 is 11.8 Å². The Morgan fingerprint density at radius 3 is 2.74 bits per heavy atom. The predicted octanol–water partition coefficient (Wildman–Crippen LogP) is 1.35. The van der Waals surface area contributed by atoms with Crippen LogP contribution in [0.2, 0.25) is 0 Å². The Balaban J connectivity index is 2.38. The summed E-state index contributed by atoms with van der Waals surface area (Å²) in [5.41, 5.74) is 0.804. The van der Waals surface area contributed by atoms with Crippen LogP contribution in [0.25, 0.3) is 0 Å². The minimum atomic E-state index is -0.156. The van der Waals surface area contributed by atoms with Gasteiger partial charge in [0, 0.05) is 19.7 Å². The highest BCUT2D eigenvalue weighted by Crippen LogP contribution is 1.97. The van der Waals surface area contributed by atoms with Gasteiger partial charge in [0.25, 0.3) is 0 Å². The lowest BCUT2D eigenvalue weighted by molar-refractivity contribution is -0.134. The topological polar surface area (TPSA) is 62.3 Å². The third-order valence-corrected chi connectivity index (χ3v) is 2.75. The molecule has 0 unspecified atom stereocenters. The summed E-state index contributed by atoms with van der Waals surface area (Å²) in [6, 6.07) is 5.55. The molecule has 1 aromatic rings. The SMILES string of the molecule is CCCCN(CC(=O)NCc1ccccn1)C(C)=O. The minimum Gasteiger partial charge on any atom is -0.349 e. The number of rotatable bonds is 7. The van der Waals surface area contributed by atoms with Crippen LogP contribution in [0.15, 0.2) is 24.4 Å². The molecule has 1 heterocycles. The van der Waals surface area contributed by atoms with Gasteiger partial charge in [-0.2, -0.15) is 0 Å². The molecule has 1 aromatic heterocycles. The molecule has 0 aliphatic rings. The molecule has 0 bridgehead atoms. The van der Waals surface area contributed by atoms with Gasteiger partial charge in [0.15, 0.2) is 0 Å². The Hall–Kier alpha value is -1.91. The molecular formula is C14H21N3O2. The van der Waals surface area contributed by atoms with Gasteiger partial charge >= 0.3 is 0 Å². The highest BCUT2D eigenvalue weighted by atomic mass is 16.2. The lowest BCUT2D eigenvalue weighted by Gasteiger charge is -2.20. The molecule has 0 atom stereocenters. The standard InChI is InChI=1S/C14H21N3O2/c1-3-4-9-17(12(2)18)11-14(19)16-10-13-7-5-6-8-15-13/h5-8H,3-4,9-11H2,1-2H3,(H,16,19). The number of carbonyl (C=O) groups excluding carboxylic acids is 2. The highest BCUT2D eigenvalue weighted by molar-refractivity contribution is 5.83. The number of carbonyl (C=O) groups is 2. The van der Waals surface area contributed by atoms with Crippen molar-refractivity contribution < 1.29 is 9.59 Å². The van der Waals surface area contributed by atoms with Crippen molar-refractivity contribution in [2.24, 2.45) is 0 Å². The first kappa shape index (κ1) is 15.1. The van der Waals surface area contributed by atoms with Gasteiger partial charge in [0.1, 0.15) is 0 Å². The van der Waals surface area contributed by atoms with E-state index in [1.807, 2.05) is 18.2 Å². The van der Waals surface area contributed by atoms with Gasteiger partial charge in [-0.3, -0.25) is 14.6 Å². The zero-order valence-electron chi connectivity index (χ0n) is 11.6. The van der Waals surface area contributed by atoms with E-state index in [2.05, 4.69) is 17.2 Å². The number of nitrogens with zero attached hydrogens (tertiary/aromatic N) is 2. The Morgan fingerprint density at radius 1 is 1.37 bits per heavy atom. The van der Waals surface area contributed by atoms with Gasteiger partial charge in [-0.05, 0) is 18.6 Å². The van der Waals surface area contributed by atoms with Crippen molar-refractivity contribution in [3.8, 4) is 0 Å². The Bertz CT molecular complexity index is 406. The second-order valence-electron chi connectivity index (χ2n) is 4.39. The molecule has 0 fully saturated rings. The van der Waals surface area contributed by atoms with Crippen molar-refractivity contribution in [2.75, 3.05) is 13.1 Å². The van der Waals surface area contributed by atoms with E-state index >= 15 is 0 Å². The second-order valence-corrected chi connectivity index (χ2v) is 4.39. The number of hydrogen-bond acceptors (Lipinski definition) is 3. The zero-order valence-corrected chi connectivity index (χ0v) is 11.6. The van der Waals surface area contributed by atoms with E-state index in [9.17, 15) is 9.59 Å². The van der Waals surface area contributed by atoms with Gasteiger partial charge in [-0.1, -0.05) is 19.4 Å². The van der Waals surface area contributed by atoms with E-state index in [1.165, 1.54) is 6.92 Å². The second kappa shape index (κ2) is 8.24. The monoisotopic (exact) mass is 263 g/mol. The molecule has 5 nitrogen and oxygen atoms in total. The first-order chi connectivity index (χ1) is 9.13. The Labute approximate surface area is 114 Å². The first-order valence-corrected chi connectivity index (χ1v) is 6.55. The van der Waals surface area contributed by atoms with Crippen molar-refractivity contribution in [1.82, 2.24) is 15.2 Å². The summed E-state index contributed by atoms with van der Waals surface area (Å²) in [7, 11) is 0. The average Bonchev–Trinajstić information content (AvgIpc) is 2.42. The van der Waals surface area contributed by atoms with Gasteiger partial charge in [-0.15, -0.1) is 0 Å². The van der Waals surface area contributed by atoms with Crippen LogP contribution >= 0.6 is 0 Å². The molecule has 0 saturated carbocycles. The summed E-state index contributed by atoms with van der Waals surface area (Å²) >= 11 is 0.